The van der Waals surface area contributed by atoms with Crippen LogP contribution in [-0.2, 0) is 7.05 Å². The highest BCUT2D eigenvalue weighted by Gasteiger charge is 2.13. The van der Waals surface area contributed by atoms with Crippen LogP contribution in [0.4, 0.5) is 0 Å². The predicted octanol–water partition coefficient (Wildman–Crippen LogP) is 2.61. The van der Waals surface area contributed by atoms with Crippen molar-refractivity contribution in [2.24, 2.45) is 7.05 Å². The van der Waals surface area contributed by atoms with Gasteiger partial charge in [-0.05, 0) is 36.8 Å². The summed E-state index contributed by atoms with van der Waals surface area (Å²) in [6.07, 6.45) is 1.61. The molecule has 1 heterocycles. The molecule has 1 aromatic heterocycles. The van der Waals surface area contributed by atoms with Gasteiger partial charge in [0.15, 0.2) is 0 Å². The molecule has 0 spiro atoms. The van der Waals surface area contributed by atoms with E-state index >= 15 is 0 Å². The number of ketones is 1. The summed E-state index contributed by atoms with van der Waals surface area (Å²) in [7, 11) is 1.75. The van der Waals surface area contributed by atoms with E-state index in [2.05, 4.69) is 5.10 Å². The molecule has 82 valence electrons. The highest BCUT2D eigenvalue weighted by molar-refractivity contribution is 6.31. The molecule has 2 rings (SSSR count). The molecule has 0 aliphatic rings. The molecule has 1 aromatic carbocycles. The van der Waals surface area contributed by atoms with E-state index < -0.39 is 0 Å². The Labute approximate surface area is 98.7 Å². The minimum Gasteiger partial charge on any atom is -0.287 e. The lowest BCUT2D eigenvalue weighted by molar-refractivity contribution is 0.103. The van der Waals surface area contributed by atoms with E-state index in [1.165, 1.54) is 0 Å². The number of nitrogens with zero attached hydrogens (tertiary/aromatic N) is 2. The topological polar surface area (TPSA) is 34.9 Å². The third kappa shape index (κ3) is 1.86. The number of rotatable bonds is 2. The Morgan fingerprint density at radius 2 is 2.12 bits per heavy atom. The van der Waals surface area contributed by atoms with Gasteiger partial charge in [0.2, 0.25) is 5.78 Å². The lowest BCUT2D eigenvalue weighted by Gasteiger charge is -2.03. The van der Waals surface area contributed by atoms with Crippen molar-refractivity contribution in [2.45, 2.75) is 6.92 Å². The zero-order valence-corrected chi connectivity index (χ0v) is 9.82. The van der Waals surface area contributed by atoms with Crippen molar-refractivity contribution in [3.8, 4) is 0 Å². The van der Waals surface area contributed by atoms with Crippen LogP contribution in [0, 0.1) is 6.92 Å². The van der Waals surface area contributed by atoms with E-state index in [0.29, 0.717) is 16.3 Å². The third-order valence-corrected chi connectivity index (χ3v) is 2.90. The van der Waals surface area contributed by atoms with Crippen LogP contribution in [0.15, 0.2) is 30.5 Å². The van der Waals surface area contributed by atoms with Crippen molar-refractivity contribution in [1.82, 2.24) is 9.78 Å². The Morgan fingerprint density at radius 3 is 2.69 bits per heavy atom. The van der Waals surface area contributed by atoms with E-state index in [0.717, 1.165) is 5.56 Å². The first kappa shape index (κ1) is 10.9. The van der Waals surface area contributed by atoms with Crippen molar-refractivity contribution in [3.05, 3.63) is 52.3 Å². The fraction of sp³-hybridized carbons (Fsp3) is 0.167. The second-order valence-corrected chi connectivity index (χ2v) is 4.04. The molecule has 0 aliphatic carbocycles. The summed E-state index contributed by atoms with van der Waals surface area (Å²) in [5, 5.41) is 4.64. The first-order valence-electron chi connectivity index (χ1n) is 4.88. The van der Waals surface area contributed by atoms with Crippen molar-refractivity contribution >= 4 is 17.4 Å². The molecule has 3 nitrogen and oxygen atoms in total. The van der Waals surface area contributed by atoms with Gasteiger partial charge in [0.1, 0.15) is 5.69 Å². The minimum absolute atomic E-state index is 0.0419. The summed E-state index contributed by atoms with van der Waals surface area (Å²) in [5.41, 5.74) is 2.10. The van der Waals surface area contributed by atoms with E-state index in [9.17, 15) is 4.79 Å². The highest BCUT2D eigenvalue weighted by atomic mass is 35.5. The molecule has 0 N–H and O–H groups in total. The zero-order valence-electron chi connectivity index (χ0n) is 9.07. The Bertz CT molecular complexity index is 546. The normalized spacial score (nSPS) is 10.4. The van der Waals surface area contributed by atoms with Crippen molar-refractivity contribution in [1.29, 1.82) is 0 Å². The number of aromatic nitrogens is 2. The summed E-state index contributed by atoms with van der Waals surface area (Å²) in [6.45, 7) is 1.88. The molecule has 4 heteroatoms. The van der Waals surface area contributed by atoms with Gasteiger partial charge >= 0.3 is 0 Å². The van der Waals surface area contributed by atoms with Crippen LogP contribution in [0.1, 0.15) is 21.6 Å². The number of aryl methyl sites for hydroxylation is 2. The minimum atomic E-state index is -0.0419. The molecular formula is C12H11ClN2O. The lowest BCUT2D eigenvalue weighted by Crippen LogP contribution is -2.08. The van der Waals surface area contributed by atoms with Gasteiger partial charge in [0.05, 0.1) is 0 Å². The number of halogens is 1. The van der Waals surface area contributed by atoms with Crippen LogP contribution in [0.25, 0.3) is 0 Å². The quantitative estimate of drug-likeness (QED) is 0.749. The van der Waals surface area contributed by atoms with Gasteiger partial charge in [0, 0.05) is 23.8 Å². The van der Waals surface area contributed by atoms with Crippen LogP contribution in [-0.4, -0.2) is 15.6 Å². The molecule has 0 bridgehead atoms. The average Bonchev–Trinajstić information content (AvgIpc) is 2.67. The maximum absolute atomic E-state index is 12.1. The van der Waals surface area contributed by atoms with Gasteiger partial charge in [-0.3, -0.25) is 9.48 Å². The van der Waals surface area contributed by atoms with Gasteiger partial charge in [0.25, 0.3) is 0 Å². The maximum atomic E-state index is 12.1. The largest absolute Gasteiger partial charge is 0.287 e. The summed E-state index contributed by atoms with van der Waals surface area (Å²) in [4.78, 5) is 12.1. The smallest absolute Gasteiger partial charge is 0.211 e. The fourth-order valence-electron chi connectivity index (χ4n) is 1.53. The average molecular weight is 235 g/mol. The Kier molecular flexibility index (Phi) is 2.79. The SMILES string of the molecule is Cc1cc(C(=O)c2ccnn2C)ccc1Cl. The molecule has 2 aromatic rings. The van der Waals surface area contributed by atoms with Crippen LogP contribution >= 0.6 is 11.6 Å². The van der Waals surface area contributed by atoms with E-state index in [4.69, 9.17) is 11.6 Å². The van der Waals surface area contributed by atoms with Gasteiger partial charge < -0.3 is 0 Å². The number of benzene rings is 1. The monoisotopic (exact) mass is 234 g/mol. The standard InChI is InChI=1S/C12H11ClN2O/c1-8-7-9(3-4-10(8)13)12(16)11-5-6-14-15(11)2/h3-7H,1-2H3. The zero-order chi connectivity index (χ0) is 11.7. The van der Waals surface area contributed by atoms with Gasteiger partial charge in [-0.15, -0.1) is 0 Å². The number of hydrogen-bond acceptors (Lipinski definition) is 2. The Morgan fingerprint density at radius 1 is 1.38 bits per heavy atom. The first-order chi connectivity index (χ1) is 7.59. The van der Waals surface area contributed by atoms with E-state index in [-0.39, 0.29) is 5.78 Å². The number of carbonyl (C=O) groups excluding carboxylic acids is 1. The van der Waals surface area contributed by atoms with Gasteiger partial charge in [-0.25, -0.2) is 0 Å². The fourth-order valence-corrected chi connectivity index (χ4v) is 1.65. The lowest BCUT2D eigenvalue weighted by atomic mass is 10.1. The van der Waals surface area contributed by atoms with Gasteiger partial charge in [-0.1, -0.05) is 11.6 Å². The van der Waals surface area contributed by atoms with Gasteiger partial charge in [-0.2, -0.15) is 5.10 Å². The molecule has 0 fully saturated rings. The van der Waals surface area contributed by atoms with Crippen LogP contribution in [0.5, 0.6) is 0 Å². The summed E-state index contributed by atoms with van der Waals surface area (Å²) in [6, 6.07) is 6.95. The van der Waals surface area contributed by atoms with Crippen molar-refractivity contribution < 1.29 is 4.79 Å². The molecule has 0 unspecified atom stereocenters. The summed E-state index contributed by atoms with van der Waals surface area (Å²) < 4.78 is 1.56. The van der Waals surface area contributed by atoms with Crippen LogP contribution in [0.2, 0.25) is 5.02 Å². The highest BCUT2D eigenvalue weighted by Crippen LogP contribution is 2.18. The van der Waals surface area contributed by atoms with Crippen LogP contribution in [0.3, 0.4) is 0 Å². The summed E-state index contributed by atoms with van der Waals surface area (Å²) >= 11 is 5.91. The molecule has 0 amide bonds. The van der Waals surface area contributed by atoms with Crippen LogP contribution < -0.4 is 0 Å². The van der Waals surface area contributed by atoms with Crippen molar-refractivity contribution in [3.63, 3.8) is 0 Å². The third-order valence-electron chi connectivity index (χ3n) is 2.47. The second kappa shape index (κ2) is 4.10. The van der Waals surface area contributed by atoms with Crippen molar-refractivity contribution in [2.75, 3.05) is 0 Å². The molecule has 0 atom stereocenters. The van der Waals surface area contributed by atoms with E-state index in [1.807, 2.05) is 6.92 Å². The maximum Gasteiger partial charge on any atom is 0.211 e. The first-order valence-corrected chi connectivity index (χ1v) is 5.26. The Balaban J connectivity index is 2.42. The molecule has 0 saturated carbocycles. The molecule has 16 heavy (non-hydrogen) atoms. The molecule has 0 radical (unpaired) electrons. The van der Waals surface area contributed by atoms with E-state index in [1.54, 1.807) is 42.2 Å². The molecule has 0 aliphatic heterocycles. The Hall–Kier alpha value is -1.61. The second-order valence-electron chi connectivity index (χ2n) is 3.63. The number of carbonyl (C=O) groups is 1. The summed E-state index contributed by atoms with van der Waals surface area (Å²) in [5.74, 6) is -0.0419. The predicted molar refractivity (Wildman–Crippen MR) is 62.8 cm³/mol. The number of hydrogen-bond donors (Lipinski definition) is 0. The molecular weight excluding hydrogens is 224 g/mol. The molecule has 0 saturated heterocycles.